The van der Waals surface area contributed by atoms with Crippen molar-refractivity contribution in [3.05, 3.63) is 76.4 Å². The molecule has 0 saturated heterocycles. The van der Waals surface area contributed by atoms with Gasteiger partial charge in [-0.15, -0.1) is 0 Å². The van der Waals surface area contributed by atoms with Gasteiger partial charge in [0.1, 0.15) is 11.6 Å². The average Bonchev–Trinajstić information content (AvgIpc) is 2.63. The first-order chi connectivity index (χ1) is 12.6. The molecule has 0 atom stereocenters. The molecule has 0 amide bonds. The van der Waals surface area contributed by atoms with Gasteiger partial charge in [-0.1, -0.05) is 62.2 Å². The molecule has 0 spiro atoms. The summed E-state index contributed by atoms with van der Waals surface area (Å²) in [6, 6.07) is 9.59. The minimum absolute atomic E-state index is 0.308. The van der Waals surface area contributed by atoms with E-state index in [9.17, 15) is 8.78 Å². The van der Waals surface area contributed by atoms with E-state index in [1.165, 1.54) is 12.1 Å². The molecule has 26 heavy (non-hydrogen) atoms. The van der Waals surface area contributed by atoms with Crippen molar-refractivity contribution in [2.45, 2.75) is 39.5 Å². The van der Waals surface area contributed by atoms with Crippen LogP contribution in [0.4, 0.5) is 8.78 Å². The zero-order valence-electron chi connectivity index (χ0n) is 15.2. The third kappa shape index (κ3) is 5.91. The highest BCUT2D eigenvalue weighted by atomic mass is 19.1. The van der Waals surface area contributed by atoms with Gasteiger partial charge in [0, 0.05) is 23.1 Å². The quantitative estimate of drug-likeness (QED) is 0.566. The molecule has 2 aromatic carbocycles. The first-order valence-corrected chi connectivity index (χ1v) is 8.90. The fraction of sp³-hybridized carbons (Fsp3) is 0.250. The van der Waals surface area contributed by atoms with E-state index in [1.807, 2.05) is 13.0 Å². The maximum absolute atomic E-state index is 14.1. The Morgan fingerprint density at radius 3 is 2.15 bits per heavy atom. The highest BCUT2D eigenvalue weighted by molar-refractivity contribution is 5.53. The van der Waals surface area contributed by atoms with E-state index in [4.69, 9.17) is 0 Å². The first-order valence-electron chi connectivity index (χ1n) is 8.90. The molecular formula is C24H22F2. The average molecular weight is 348 g/mol. The van der Waals surface area contributed by atoms with Crippen LogP contribution in [0.25, 0.3) is 6.08 Å². The minimum Gasteiger partial charge on any atom is -0.206 e. The molecular weight excluding hydrogens is 326 g/mol. The topological polar surface area (TPSA) is 0 Å². The molecule has 132 valence electrons. The Morgan fingerprint density at radius 1 is 0.846 bits per heavy atom. The third-order valence-corrected chi connectivity index (χ3v) is 3.67. The van der Waals surface area contributed by atoms with Crippen LogP contribution in [0.2, 0.25) is 0 Å². The van der Waals surface area contributed by atoms with E-state index in [1.54, 1.807) is 30.3 Å². The number of hydrogen-bond acceptors (Lipinski definition) is 0. The van der Waals surface area contributed by atoms with Crippen LogP contribution in [0.15, 0.2) is 42.5 Å². The third-order valence-electron chi connectivity index (χ3n) is 3.67. The molecule has 2 rings (SSSR count). The molecule has 0 radical (unpaired) electrons. The standard InChI is InChI=1S/C24H22F2/c1-3-5-7-9-21-15-13-19(17-23(21)25)11-12-20-14-16-22(24(26)18-20)10-8-6-4-2/h7,9,13-18H,3-6H2,1-2H3. The molecule has 0 saturated carbocycles. The monoisotopic (exact) mass is 348 g/mol. The van der Waals surface area contributed by atoms with Crippen LogP contribution in [0.5, 0.6) is 0 Å². The van der Waals surface area contributed by atoms with Crippen LogP contribution in [0.3, 0.4) is 0 Å². The number of hydrogen-bond donors (Lipinski definition) is 0. The number of rotatable bonds is 4. The minimum atomic E-state index is -0.386. The lowest BCUT2D eigenvalue weighted by molar-refractivity contribution is 0.623. The van der Waals surface area contributed by atoms with Crippen LogP contribution in [-0.2, 0) is 0 Å². The van der Waals surface area contributed by atoms with E-state index >= 15 is 0 Å². The van der Waals surface area contributed by atoms with Gasteiger partial charge in [-0.3, -0.25) is 0 Å². The van der Waals surface area contributed by atoms with Crippen molar-refractivity contribution in [2.75, 3.05) is 0 Å². The number of unbranched alkanes of at least 4 members (excludes halogenated alkanes) is 2. The Bertz CT molecular complexity index is 899. The highest BCUT2D eigenvalue weighted by Gasteiger charge is 2.01. The molecule has 0 unspecified atom stereocenters. The van der Waals surface area contributed by atoms with Crippen molar-refractivity contribution >= 4 is 6.08 Å². The van der Waals surface area contributed by atoms with Gasteiger partial charge in [0.15, 0.2) is 0 Å². The van der Waals surface area contributed by atoms with Crippen molar-refractivity contribution in [1.29, 1.82) is 0 Å². The second-order valence-electron chi connectivity index (χ2n) is 5.92. The molecule has 0 heterocycles. The van der Waals surface area contributed by atoms with Gasteiger partial charge in [-0.25, -0.2) is 8.78 Å². The van der Waals surface area contributed by atoms with Crippen molar-refractivity contribution in [3.8, 4) is 23.7 Å². The maximum atomic E-state index is 14.1. The summed E-state index contributed by atoms with van der Waals surface area (Å²) in [6.07, 6.45) is 7.38. The summed E-state index contributed by atoms with van der Waals surface area (Å²) >= 11 is 0. The van der Waals surface area contributed by atoms with Crippen LogP contribution in [0.1, 0.15) is 61.8 Å². The predicted octanol–water partition coefficient (Wildman–Crippen LogP) is 6.33. The van der Waals surface area contributed by atoms with Crippen molar-refractivity contribution in [3.63, 3.8) is 0 Å². The van der Waals surface area contributed by atoms with E-state index in [0.29, 0.717) is 22.3 Å². The Labute approximate surface area is 155 Å². The summed E-state index contributed by atoms with van der Waals surface area (Å²) in [5, 5.41) is 0. The van der Waals surface area contributed by atoms with Crippen LogP contribution < -0.4 is 0 Å². The molecule has 0 aliphatic heterocycles. The molecule has 2 aromatic rings. The zero-order chi connectivity index (χ0) is 18.8. The fourth-order valence-electron chi connectivity index (χ4n) is 2.24. The van der Waals surface area contributed by atoms with E-state index in [2.05, 4.69) is 30.6 Å². The summed E-state index contributed by atoms with van der Waals surface area (Å²) in [7, 11) is 0. The molecule has 0 aliphatic rings. The molecule has 0 nitrogen and oxygen atoms in total. The van der Waals surface area contributed by atoms with E-state index in [0.717, 1.165) is 25.7 Å². The van der Waals surface area contributed by atoms with Crippen LogP contribution in [0, 0.1) is 35.3 Å². The maximum Gasteiger partial charge on any atom is 0.140 e. The number of benzene rings is 2. The van der Waals surface area contributed by atoms with E-state index < -0.39 is 0 Å². The molecule has 0 N–H and O–H groups in total. The Balaban J connectivity index is 2.15. The largest absolute Gasteiger partial charge is 0.206 e. The van der Waals surface area contributed by atoms with Crippen molar-refractivity contribution in [2.24, 2.45) is 0 Å². The lowest BCUT2D eigenvalue weighted by atomic mass is 10.1. The van der Waals surface area contributed by atoms with Gasteiger partial charge in [-0.05, 0) is 43.2 Å². The van der Waals surface area contributed by atoms with E-state index in [-0.39, 0.29) is 11.6 Å². The predicted molar refractivity (Wildman–Crippen MR) is 105 cm³/mol. The molecule has 2 heteroatoms. The summed E-state index contributed by atoms with van der Waals surface area (Å²) in [6.45, 7) is 4.10. The highest BCUT2D eigenvalue weighted by Crippen LogP contribution is 2.13. The number of halogens is 2. The van der Waals surface area contributed by atoms with Gasteiger partial charge in [-0.2, -0.15) is 0 Å². The Hall–Kier alpha value is -2.84. The summed E-state index contributed by atoms with van der Waals surface area (Å²) in [5.41, 5.74) is 2.02. The lowest BCUT2D eigenvalue weighted by Gasteiger charge is -1.98. The SMILES string of the molecule is CCCC#Cc1ccc(C#Cc2ccc(C=CCCC)c(F)c2)cc1F. The van der Waals surface area contributed by atoms with Crippen molar-refractivity contribution in [1.82, 2.24) is 0 Å². The second-order valence-corrected chi connectivity index (χ2v) is 5.92. The van der Waals surface area contributed by atoms with Gasteiger partial charge in [0.05, 0.1) is 5.56 Å². The molecule has 0 aliphatic carbocycles. The van der Waals surface area contributed by atoms with Crippen molar-refractivity contribution < 1.29 is 8.78 Å². The van der Waals surface area contributed by atoms with Gasteiger partial charge in [0.25, 0.3) is 0 Å². The van der Waals surface area contributed by atoms with Gasteiger partial charge in [0.2, 0.25) is 0 Å². The second kappa shape index (κ2) is 10.2. The normalized spacial score (nSPS) is 10.2. The van der Waals surface area contributed by atoms with Crippen LogP contribution >= 0.6 is 0 Å². The molecule has 0 fully saturated rings. The van der Waals surface area contributed by atoms with Crippen LogP contribution in [-0.4, -0.2) is 0 Å². The summed E-state index contributed by atoms with van der Waals surface area (Å²) in [5.74, 6) is 10.8. The molecule has 0 aromatic heterocycles. The summed E-state index contributed by atoms with van der Waals surface area (Å²) in [4.78, 5) is 0. The Kier molecular flexibility index (Phi) is 7.66. The first kappa shape index (κ1) is 19.5. The Morgan fingerprint density at radius 2 is 1.54 bits per heavy atom. The smallest absolute Gasteiger partial charge is 0.140 e. The van der Waals surface area contributed by atoms with Gasteiger partial charge < -0.3 is 0 Å². The fourth-order valence-corrected chi connectivity index (χ4v) is 2.24. The van der Waals surface area contributed by atoms with Gasteiger partial charge >= 0.3 is 0 Å². The number of allylic oxidation sites excluding steroid dienone is 1. The molecule has 0 bridgehead atoms. The lowest BCUT2D eigenvalue weighted by Crippen LogP contribution is -1.87. The summed E-state index contributed by atoms with van der Waals surface area (Å²) < 4.78 is 28.1. The zero-order valence-corrected chi connectivity index (χ0v) is 15.2.